The first-order chi connectivity index (χ1) is 8.47. The van der Waals surface area contributed by atoms with Gasteiger partial charge in [-0.15, -0.1) is 0 Å². The third-order valence-electron chi connectivity index (χ3n) is 2.53. The Labute approximate surface area is 112 Å². The molecule has 0 aliphatic heterocycles. The summed E-state index contributed by atoms with van der Waals surface area (Å²) in [4.78, 5) is 0. The van der Waals surface area contributed by atoms with Crippen LogP contribution in [0.5, 0.6) is 0 Å². The van der Waals surface area contributed by atoms with Gasteiger partial charge < -0.3 is 11.1 Å². The zero-order chi connectivity index (χ0) is 13.3. The van der Waals surface area contributed by atoms with E-state index < -0.39 is 11.6 Å². The van der Waals surface area contributed by atoms with E-state index in [4.69, 9.17) is 5.73 Å². The molecule has 18 heavy (non-hydrogen) atoms. The summed E-state index contributed by atoms with van der Waals surface area (Å²) in [5.41, 5.74) is 7.40. The maximum Gasteiger partial charge on any atom is 0.151 e. The number of hydrogen-bond acceptors (Lipinski definition) is 2. The lowest BCUT2D eigenvalue weighted by Crippen LogP contribution is -2.00. The molecule has 3 N–H and O–H groups in total. The van der Waals surface area contributed by atoms with E-state index in [2.05, 4.69) is 21.2 Å². The number of benzene rings is 2. The van der Waals surface area contributed by atoms with Crippen LogP contribution < -0.4 is 11.1 Å². The molecule has 0 unspecified atom stereocenters. The summed E-state index contributed by atoms with van der Waals surface area (Å²) in [5.74, 6) is -1.44. The number of rotatable bonds is 2. The Hall–Kier alpha value is -1.62. The molecule has 0 aromatic heterocycles. The van der Waals surface area contributed by atoms with Crippen LogP contribution in [0.1, 0.15) is 5.56 Å². The molecule has 0 atom stereocenters. The summed E-state index contributed by atoms with van der Waals surface area (Å²) in [5, 5.41) is 2.90. The van der Waals surface area contributed by atoms with Gasteiger partial charge in [0.05, 0.1) is 11.4 Å². The molecule has 0 heterocycles. The van der Waals surface area contributed by atoms with Crippen LogP contribution in [0.15, 0.2) is 34.8 Å². The monoisotopic (exact) mass is 312 g/mol. The molecule has 5 heteroatoms. The van der Waals surface area contributed by atoms with Gasteiger partial charge in [-0.05, 0) is 36.8 Å². The Morgan fingerprint density at radius 3 is 2.56 bits per heavy atom. The van der Waals surface area contributed by atoms with Gasteiger partial charge in [0.15, 0.2) is 5.82 Å². The van der Waals surface area contributed by atoms with Crippen LogP contribution in [0, 0.1) is 18.6 Å². The van der Waals surface area contributed by atoms with Crippen LogP contribution in [-0.2, 0) is 0 Å². The minimum atomic E-state index is -0.772. The molecular weight excluding hydrogens is 302 g/mol. The molecule has 2 rings (SSSR count). The Morgan fingerprint density at radius 1 is 1.17 bits per heavy atom. The first-order valence-corrected chi connectivity index (χ1v) is 6.04. The Bertz CT molecular complexity index is 600. The van der Waals surface area contributed by atoms with Crippen molar-refractivity contribution in [3.05, 3.63) is 52.0 Å². The van der Waals surface area contributed by atoms with Crippen LogP contribution in [0.25, 0.3) is 0 Å². The van der Waals surface area contributed by atoms with Crippen LogP contribution in [-0.4, -0.2) is 0 Å². The van der Waals surface area contributed by atoms with E-state index in [9.17, 15) is 8.78 Å². The van der Waals surface area contributed by atoms with Crippen molar-refractivity contribution >= 4 is 33.0 Å². The van der Waals surface area contributed by atoms with Crippen molar-refractivity contribution in [3.63, 3.8) is 0 Å². The van der Waals surface area contributed by atoms with E-state index in [0.717, 1.165) is 22.2 Å². The lowest BCUT2D eigenvalue weighted by Gasteiger charge is -2.11. The molecule has 94 valence electrons. The highest BCUT2D eigenvalue weighted by atomic mass is 79.9. The average molecular weight is 313 g/mol. The number of aryl methyl sites for hydroxylation is 1. The van der Waals surface area contributed by atoms with E-state index in [1.54, 1.807) is 6.07 Å². The van der Waals surface area contributed by atoms with Crippen LogP contribution >= 0.6 is 15.9 Å². The van der Waals surface area contributed by atoms with Crippen molar-refractivity contribution in [2.24, 2.45) is 0 Å². The summed E-state index contributed by atoms with van der Waals surface area (Å²) < 4.78 is 27.3. The van der Waals surface area contributed by atoms with Gasteiger partial charge in [0.2, 0.25) is 0 Å². The van der Waals surface area contributed by atoms with Crippen molar-refractivity contribution < 1.29 is 8.78 Å². The molecule has 2 aromatic rings. The summed E-state index contributed by atoms with van der Waals surface area (Å²) >= 11 is 3.38. The number of nitrogen functional groups attached to an aromatic ring is 1. The smallest absolute Gasteiger partial charge is 0.151 e. The van der Waals surface area contributed by atoms with Gasteiger partial charge in [-0.3, -0.25) is 0 Å². The zero-order valence-electron chi connectivity index (χ0n) is 9.60. The van der Waals surface area contributed by atoms with Gasteiger partial charge in [-0.2, -0.15) is 0 Å². The fraction of sp³-hybridized carbons (Fsp3) is 0.0769. The Balaban J connectivity index is 2.36. The lowest BCUT2D eigenvalue weighted by atomic mass is 10.2. The fourth-order valence-electron chi connectivity index (χ4n) is 1.57. The Kier molecular flexibility index (Phi) is 3.52. The van der Waals surface area contributed by atoms with Crippen LogP contribution in [0.2, 0.25) is 0 Å². The highest BCUT2D eigenvalue weighted by Gasteiger charge is 2.08. The topological polar surface area (TPSA) is 38.0 Å². The standard InChI is InChI=1S/C13H11BrF2N2/c1-7-4-9(2-3-10(7)14)18-12-6-8(15)5-11(16)13(12)17/h2-6,18H,17H2,1H3. The maximum atomic E-state index is 13.3. The minimum Gasteiger partial charge on any atom is -0.395 e. The normalized spacial score (nSPS) is 10.4. The van der Waals surface area contributed by atoms with E-state index >= 15 is 0 Å². The zero-order valence-corrected chi connectivity index (χ0v) is 11.2. The van der Waals surface area contributed by atoms with E-state index in [0.29, 0.717) is 5.69 Å². The molecule has 0 bridgehead atoms. The molecule has 0 aliphatic rings. The second-order valence-corrected chi connectivity index (χ2v) is 4.79. The molecule has 0 fully saturated rings. The fourth-order valence-corrected chi connectivity index (χ4v) is 1.81. The molecule has 2 nitrogen and oxygen atoms in total. The number of anilines is 3. The lowest BCUT2D eigenvalue weighted by molar-refractivity contribution is 0.587. The number of nitrogens with two attached hydrogens (primary N) is 1. The van der Waals surface area contributed by atoms with Gasteiger partial charge >= 0.3 is 0 Å². The van der Waals surface area contributed by atoms with Crippen molar-refractivity contribution in [3.8, 4) is 0 Å². The van der Waals surface area contributed by atoms with Crippen molar-refractivity contribution in [2.45, 2.75) is 6.92 Å². The third-order valence-corrected chi connectivity index (χ3v) is 3.42. The summed E-state index contributed by atoms with van der Waals surface area (Å²) in [7, 11) is 0. The molecule has 0 saturated carbocycles. The largest absolute Gasteiger partial charge is 0.395 e. The van der Waals surface area contributed by atoms with Gasteiger partial charge in [-0.25, -0.2) is 8.78 Å². The van der Waals surface area contributed by atoms with E-state index in [-0.39, 0.29) is 11.4 Å². The summed E-state index contributed by atoms with van der Waals surface area (Å²) in [6.07, 6.45) is 0. The summed E-state index contributed by atoms with van der Waals surface area (Å²) in [6, 6.07) is 7.41. The van der Waals surface area contributed by atoms with E-state index in [1.165, 1.54) is 0 Å². The predicted octanol–water partition coefficient (Wildman–Crippen LogP) is 4.36. The molecule has 2 aromatic carbocycles. The van der Waals surface area contributed by atoms with Crippen LogP contribution in [0.3, 0.4) is 0 Å². The quantitative estimate of drug-likeness (QED) is 0.808. The molecule has 0 spiro atoms. The highest BCUT2D eigenvalue weighted by molar-refractivity contribution is 9.10. The predicted molar refractivity (Wildman–Crippen MR) is 72.9 cm³/mol. The van der Waals surface area contributed by atoms with E-state index in [1.807, 2.05) is 19.1 Å². The van der Waals surface area contributed by atoms with Gasteiger partial charge in [0, 0.05) is 16.2 Å². The van der Waals surface area contributed by atoms with Gasteiger partial charge in [-0.1, -0.05) is 15.9 Å². The summed E-state index contributed by atoms with van der Waals surface area (Å²) in [6.45, 7) is 1.92. The van der Waals surface area contributed by atoms with Crippen molar-refractivity contribution in [1.29, 1.82) is 0 Å². The third kappa shape index (κ3) is 2.61. The number of nitrogens with one attached hydrogen (secondary N) is 1. The number of hydrogen-bond donors (Lipinski definition) is 2. The molecule has 0 radical (unpaired) electrons. The molecule has 0 aliphatic carbocycles. The first-order valence-electron chi connectivity index (χ1n) is 5.25. The first kappa shape index (κ1) is 12.8. The SMILES string of the molecule is Cc1cc(Nc2cc(F)cc(F)c2N)ccc1Br. The Morgan fingerprint density at radius 2 is 1.89 bits per heavy atom. The van der Waals surface area contributed by atoms with Crippen LogP contribution in [0.4, 0.5) is 25.8 Å². The molecule has 0 amide bonds. The molecular formula is C13H11BrF2N2. The second-order valence-electron chi connectivity index (χ2n) is 3.94. The van der Waals surface area contributed by atoms with Gasteiger partial charge in [0.1, 0.15) is 5.82 Å². The maximum absolute atomic E-state index is 13.3. The van der Waals surface area contributed by atoms with Crippen molar-refractivity contribution in [2.75, 3.05) is 11.1 Å². The average Bonchev–Trinajstić information content (AvgIpc) is 2.30. The molecule has 0 saturated heterocycles. The minimum absolute atomic E-state index is 0.100. The van der Waals surface area contributed by atoms with Crippen molar-refractivity contribution in [1.82, 2.24) is 0 Å². The highest BCUT2D eigenvalue weighted by Crippen LogP contribution is 2.28. The number of halogens is 3. The van der Waals surface area contributed by atoms with Gasteiger partial charge in [0.25, 0.3) is 0 Å². The second kappa shape index (κ2) is 4.94.